The number of rotatable bonds is 6. The molecular formula is C21H29Cl2N3OS. The molecule has 0 aliphatic carbocycles. The van der Waals surface area contributed by atoms with Crippen molar-refractivity contribution < 1.29 is 4.79 Å². The number of nitrogens with two attached hydrogens (primary N) is 1. The quantitative estimate of drug-likeness (QED) is 0.713. The molecule has 2 aromatic carbocycles. The number of hydrogen-bond donors (Lipinski definition) is 2. The van der Waals surface area contributed by atoms with Crippen LogP contribution >= 0.6 is 36.6 Å². The fourth-order valence-corrected chi connectivity index (χ4v) is 4.16. The minimum atomic E-state index is -0.556. The Hall–Kier alpha value is -1.24. The number of hydrogen-bond acceptors (Lipinski definition) is 4. The third kappa shape index (κ3) is 6.98. The van der Waals surface area contributed by atoms with Crippen LogP contribution in [0.3, 0.4) is 0 Å². The molecule has 0 spiro atoms. The van der Waals surface area contributed by atoms with E-state index in [-0.39, 0.29) is 30.7 Å². The van der Waals surface area contributed by atoms with E-state index in [1.165, 1.54) is 17.1 Å². The summed E-state index contributed by atoms with van der Waals surface area (Å²) < 4.78 is 0. The molecule has 3 N–H and O–H groups in total. The van der Waals surface area contributed by atoms with Crippen LogP contribution in [0.4, 0.5) is 5.69 Å². The molecule has 7 heteroatoms. The van der Waals surface area contributed by atoms with Gasteiger partial charge in [-0.1, -0.05) is 42.5 Å². The molecule has 2 aromatic rings. The minimum Gasteiger partial charge on any atom is -0.324 e. The van der Waals surface area contributed by atoms with Crippen molar-refractivity contribution in [2.45, 2.75) is 25.9 Å². The van der Waals surface area contributed by atoms with E-state index >= 15 is 0 Å². The number of nitrogens with one attached hydrogen (secondary N) is 1. The van der Waals surface area contributed by atoms with Gasteiger partial charge in [0.05, 0.1) is 6.04 Å². The van der Waals surface area contributed by atoms with E-state index in [1.54, 1.807) is 0 Å². The van der Waals surface area contributed by atoms with Gasteiger partial charge in [-0.2, -0.15) is 11.8 Å². The normalized spacial score (nSPS) is 15.1. The molecule has 0 bridgehead atoms. The number of nitrogens with zero attached hydrogens (tertiary/aromatic N) is 1. The molecule has 0 saturated carbocycles. The second kappa shape index (κ2) is 12.3. The molecule has 28 heavy (non-hydrogen) atoms. The number of benzene rings is 2. The van der Waals surface area contributed by atoms with Crippen molar-refractivity contribution in [3.8, 4) is 0 Å². The van der Waals surface area contributed by atoms with Crippen LogP contribution in [0.2, 0.25) is 0 Å². The second-order valence-corrected chi connectivity index (χ2v) is 7.99. The van der Waals surface area contributed by atoms with E-state index in [9.17, 15) is 4.79 Å². The van der Waals surface area contributed by atoms with Gasteiger partial charge in [0.15, 0.2) is 0 Å². The van der Waals surface area contributed by atoms with E-state index in [2.05, 4.69) is 23.2 Å². The molecule has 4 nitrogen and oxygen atoms in total. The van der Waals surface area contributed by atoms with E-state index in [4.69, 9.17) is 5.73 Å². The first-order valence-corrected chi connectivity index (χ1v) is 10.3. The Morgan fingerprint density at radius 2 is 1.79 bits per heavy atom. The SMILES string of the molecule is Cc1c(CN2CCSCC2)cccc1NC(=O)C(N)Cc1ccccc1.Cl.Cl. The molecule has 1 aliphatic heterocycles. The fourth-order valence-electron chi connectivity index (χ4n) is 3.18. The summed E-state index contributed by atoms with van der Waals surface area (Å²) in [5, 5.41) is 3.02. The van der Waals surface area contributed by atoms with Gasteiger partial charge < -0.3 is 11.1 Å². The zero-order chi connectivity index (χ0) is 18.4. The van der Waals surface area contributed by atoms with Gasteiger partial charge in [-0.05, 0) is 36.1 Å². The lowest BCUT2D eigenvalue weighted by Gasteiger charge is -2.27. The number of halogens is 2. The van der Waals surface area contributed by atoms with Crippen molar-refractivity contribution in [2.24, 2.45) is 5.73 Å². The zero-order valence-corrected chi connectivity index (χ0v) is 18.5. The lowest BCUT2D eigenvalue weighted by Crippen LogP contribution is -2.37. The lowest BCUT2D eigenvalue weighted by atomic mass is 10.0. The first-order chi connectivity index (χ1) is 12.6. The Balaban J connectivity index is 0.00000196. The average molecular weight is 442 g/mol. The van der Waals surface area contributed by atoms with Crippen LogP contribution in [0.5, 0.6) is 0 Å². The lowest BCUT2D eigenvalue weighted by molar-refractivity contribution is -0.117. The number of amides is 1. The van der Waals surface area contributed by atoms with Gasteiger partial charge in [0.2, 0.25) is 5.91 Å². The molecule has 1 amide bonds. The number of carbonyl (C=O) groups excluding carboxylic acids is 1. The highest BCUT2D eigenvalue weighted by Gasteiger charge is 2.17. The van der Waals surface area contributed by atoms with E-state index in [0.717, 1.165) is 36.4 Å². The highest BCUT2D eigenvalue weighted by atomic mass is 35.5. The van der Waals surface area contributed by atoms with Crippen molar-refractivity contribution in [2.75, 3.05) is 29.9 Å². The molecule has 1 saturated heterocycles. The number of anilines is 1. The molecule has 1 fully saturated rings. The largest absolute Gasteiger partial charge is 0.324 e. The molecular weight excluding hydrogens is 413 g/mol. The molecule has 3 rings (SSSR count). The Bertz CT molecular complexity index is 740. The predicted molar refractivity (Wildman–Crippen MR) is 125 cm³/mol. The van der Waals surface area contributed by atoms with Crippen molar-refractivity contribution in [1.29, 1.82) is 0 Å². The Morgan fingerprint density at radius 1 is 1.11 bits per heavy atom. The van der Waals surface area contributed by atoms with Crippen molar-refractivity contribution >= 4 is 48.2 Å². The molecule has 1 unspecified atom stereocenters. The maximum absolute atomic E-state index is 12.5. The third-order valence-corrected chi connectivity index (χ3v) is 5.78. The molecule has 1 atom stereocenters. The van der Waals surface area contributed by atoms with Gasteiger partial charge in [-0.25, -0.2) is 0 Å². The maximum atomic E-state index is 12.5. The van der Waals surface area contributed by atoms with Crippen LogP contribution < -0.4 is 11.1 Å². The van der Waals surface area contributed by atoms with Gasteiger partial charge >= 0.3 is 0 Å². The van der Waals surface area contributed by atoms with Crippen LogP contribution in [0.15, 0.2) is 48.5 Å². The summed E-state index contributed by atoms with van der Waals surface area (Å²) in [5.41, 5.74) is 10.4. The molecule has 1 aliphatic rings. The Kier molecular flexibility index (Phi) is 10.9. The van der Waals surface area contributed by atoms with Gasteiger partial charge in [0, 0.05) is 36.8 Å². The van der Waals surface area contributed by atoms with Gasteiger partial charge in [0.25, 0.3) is 0 Å². The molecule has 154 valence electrons. The summed E-state index contributed by atoms with van der Waals surface area (Å²) in [4.78, 5) is 15.0. The van der Waals surface area contributed by atoms with E-state index in [0.29, 0.717) is 6.42 Å². The standard InChI is InChI=1S/C21H27N3OS.2ClH/c1-16-18(15-24-10-12-26-13-11-24)8-5-9-20(16)23-21(25)19(22)14-17-6-3-2-4-7-17;;/h2-9,19H,10-15,22H2,1H3,(H,23,25);2*1H. The number of carbonyl (C=O) groups is 1. The first kappa shape index (κ1) is 24.8. The van der Waals surface area contributed by atoms with Crippen molar-refractivity contribution in [3.05, 3.63) is 65.2 Å². The second-order valence-electron chi connectivity index (χ2n) is 6.76. The van der Waals surface area contributed by atoms with Crippen LogP contribution in [-0.2, 0) is 17.8 Å². The van der Waals surface area contributed by atoms with Crippen LogP contribution in [0.1, 0.15) is 16.7 Å². The maximum Gasteiger partial charge on any atom is 0.241 e. The van der Waals surface area contributed by atoms with Crippen LogP contribution in [0, 0.1) is 6.92 Å². The predicted octanol–water partition coefficient (Wildman–Crippen LogP) is 3.90. The Labute approximate surface area is 184 Å². The van der Waals surface area contributed by atoms with Gasteiger partial charge in [-0.3, -0.25) is 9.69 Å². The van der Waals surface area contributed by atoms with Crippen molar-refractivity contribution in [3.63, 3.8) is 0 Å². The van der Waals surface area contributed by atoms with E-state index in [1.807, 2.05) is 54.2 Å². The van der Waals surface area contributed by atoms with Crippen LogP contribution in [-0.4, -0.2) is 41.4 Å². The smallest absolute Gasteiger partial charge is 0.241 e. The summed E-state index contributed by atoms with van der Waals surface area (Å²) >= 11 is 2.02. The Morgan fingerprint density at radius 3 is 2.46 bits per heavy atom. The highest BCUT2D eigenvalue weighted by molar-refractivity contribution is 7.99. The highest BCUT2D eigenvalue weighted by Crippen LogP contribution is 2.22. The molecule has 1 heterocycles. The summed E-state index contributed by atoms with van der Waals surface area (Å²) in [6.45, 7) is 5.27. The summed E-state index contributed by atoms with van der Waals surface area (Å²) in [7, 11) is 0. The summed E-state index contributed by atoms with van der Waals surface area (Å²) in [6, 6.07) is 15.4. The first-order valence-electron chi connectivity index (χ1n) is 9.12. The molecule has 0 aromatic heterocycles. The average Bonchev–Trinajstić information content (AvgIpc) is 2.66. The minimum absolute atomic E-state index is 0. The van der Waals surface area contributed by atoms with Gasteiger partial charge in [-0.15, -0.1) is 24.8 Å². The molecule has 0 radical (unpaired) electrons. The monoisotopic (exact) mass is 441 g/mol. The third-order valence-electron chi connectivity index (χ3n) is 4.84. The van der Waals surface area contributed by atoms with E-state index < -0.39 is 6.04 Å². The summed E-state index contributed by atoms with van der Waals surface area (Å²) in [6.07, 6.45) is 0.539. The number of thioether (sulfide) groups is 1. The van der Waals surface area contributed by atoms with Gasteiger partial charge in [0.1, 0.15) is 0 Å². The summed E-state index contributed by atoms with van der Waals surface area (Å²) in [5.74, 6) is 2.26. The fraction of sp³-hybridized carbons (Fsp3) is 0.381. The van der Waals surface area contributed by atoms with Crippen molar-refractivity contribution in [1.82, 2.24) is 4.90 Å². The zero-order valence-electron chi connectivity index (χ0n) is 16.1. The topological polar surface area (TPSA) is 58.4 Å². The van der Waals surface area contributed by atoms with Crippen LogP contribution in [0.25, 0.3) is 0 Å².